The molecule has 0 N–H and O–H groups in total. The summed E-state index contributed by atoms with van der Waals surface area (Å²) in [5.41, 5.74) is 1.84. The van der Waals surface area contributed by atoms with Crippen molar-refractivity contribution in [1.82, 2.24) is 4.90 Å². The van der Waals surface area contributed by atoms with Gasteiger partial charge in [0, 0.05) is 17.1 Å². The molecule has 0 radical (unpaired) electrons. The Hall–Kier alpha value is -2.24. The Labute approximate surface area is 157 Å². The zero-order valence-electron chi connectivity index (χ0n) is 14.3. The van der Waals surface area contributed by atoms with E-state index >= 15 is 0 Å². The fourth-order valence-electron chi connectivity index (χ4n) is 3.28. The van der Waals surface area contributed by atoms with Crippen molar-refractivity contribution in [3.8, 4) is 11.5 Å². The molecular weight excluding hydrogens is 354 g/mol. The fourth-order valence-corrected chi connectivity index (χ4v) is 3.54. The van der Waals surface area contributed by atoms with E-state index in [-0.39, 0.29) is 12.0 Å². The van der Waals surface area contributed by atoms with Gasteiger partial charge >= 0.3 is 0 Å². The van der Waals surface area contributed by atoms with Crippen molar-refractivity contribution in [1.29, 1.82) is 0 Å². The molecule has 5 nitrogen and oxygen atoms in total. The maximum Gasteiger partial charge on any atom is 0.227 e. The Balaban J connectivity index is 1.44. The number of carbonyl (C=O) groups excluding carboxylic acids is 1. The summed E-state index contributed by atoms with van der Waals surface area (Å²) in [4.78, 5) is 14.6. The summed E-state index contributed by atoms with van der Waals surface area (Å²) < 4.78 is 17.0. The highest BCUT2D eigenvalue weighted by atomic mass is 35.5. The number of morpholine rings is 1. The SMILES string of the molecule is O=C(Cc1ccc2c(c1)OCCO2)N1CCOC(c2ccccc2Cl)C1. The van der Waals surface area contributed by atoms with Crippen LogP contribution < -0.4 is 9.47 Å². The van der Waals surface area contributed by atoms with E-state index in [0.29, 0.717) is 50.1 Å². The lowest BCUT2D eigenvalue weighted by atomic mass is 10.1. The minimum absolute atomic E-state index is 0.0713. The van der Waals surface area contributed by atoms with Crippen molar-refractivity contribution in [3.63, 3.8) is 0 Å². The van der Waals surface area contributed by atoms with Crippen molar-refractivity contribution < 1.29 is 19.0 Å². The van der Waals surface area contributed by atoms with Crippen LogP contribution in [0.25, 0.3) is 0 Å². The van der Waals surface area contributed by atoms with Gasteiger partial charge in [-0.25, -0.2) is 0 Å². The Kier molecular flexibility index (Phi) is 5.00. The zero-order chi connectivity index (χ0) is 17.9. The summed E-state index contributed by atoms with van der Waals surface area (Å²) in [6, 6.07) is 13.3. The smallest absolute Gasteiger partial charge is 0.227 e. The van der Waals surface area contributed by atoms with E-state index in [1.807, 2.05) is 47.4 Å². The summed E-state index contributed by atoms with van der Waals surface area (Å²) >= 11 is 6.27. The molecule has 0 aromatic heterocycles. The van der Waals surface area contributed by atoms with Gasteiger partial charge in [-0.2, -0.15) is 0 Å². The maximum absolute atomic E-state index is 12.8. The molecule has 0 spiro atoms. The number of amides is 1. The van der Waals surface area contributed by atoms with Crippen LogP contribution in [-0.2, 0) is 16.0 Å². The molecule has 2 aliphatic rings. The standard InChI is InChI=1S/C20H20ClNO4/c21-16-4-2-1-3-15(16)19-13-22(7-8-24-19)20(23)12-14-5-6-17-18(11-14)26-10-9-25-17/h1-6,11,19H,7-10,12-13H2. The fraction of sp³-hybridized carbons (Fsp3) is 0.350. The third-order valence-corrected chi connectivity index (χ3v) is 4.98. The van der Waals surface area contributed by atoms with Crippen molar-refractivity contribution >= 4 is 17.5 Å². The summed E-state index contributed by atoms with van der Waals surface area (Å²) in [6.45, 7) is 2.69. The van der Waals surface area contributed by atoms with Crippen LogP contribution in [0.2, 0.25) is 5.02 Å². The molecule has 2 aromatic carbocycles. The number of carbonyl (C=O) groups is 1. The number of ether oxygens (including phenoxy) is 3. The van der Waals surface area contributed by atoms with Crippen LogP contribution in [-0.4, -0.2) is 43.7 Å². The van der Waals surface area contributed by atoms with Gasteiger partial charge in [-0.1, -0.05) is 35.9 Å². The maximum atomic E-state index is 12.8. The van der Waals surface area contributed by atoms with E-state index in [9.17, 15) is 4.79 Å². The molecule has 26 heavy (non-hydrogen) atoms. The van der Waals surface area contributed by atoms with Gasteiger partial charge in [-0.3, -0.25) is 4.79 Å². The molecule has 1 atom stereocenters. The number of rotatable bonds is 3. The number of nitrogens with zero attached hydrogens (tertiary/aromatic N) is 1. The zero-order valence-corrected chi connectivity index (χ0v) is 15.1. The van der Waals surface area contributed by atoms with E-state index < -0.39 is 0 Å². The van der Waals surface area contributed by atoms with Gasteiger partial charge in [-0.15, -0.1) is 0 Å². The first-order valence-corrected chi connectivity index (χ1v) is 9.11. The predicted octanol–water partition coefficient (Wildman–Crippen LogP) is 3.25. The highest BCUT2D eigenvalue weighted by molar-refractivity contribution is 6.31. The van der Waals surface area contributed by atoms with Crippen LogP contribution in [0, 0.1) is 0 Å². The Morgan fingerprint density at radius 3 is 2.73 bits per heavy atom. The lowest BCUT2D eigenvalue weighted by Gasteiger charge is -2.33. The summed E-state index contributed by atoms with van der Waals surface area (Å²) in [7, 11) is 0. The molecule has 2 aromatic rings. The topological polar surface area (TPSA) is 48.0 Å². The average Bonchev–Trinajstić information content (AvgIpc) is 2.68. The minimum atomic E-state index is -0.193. The Morgan fingerprint density at radius 2 is 1.88 bits per heavy atom. The predicted molar refractivity (Wildman–Crippen MR) is 97.9 cm³/mol. The van der Waals surface area contributed by atoms with Gasteiger partial charge in [0.15, 0.2) is 11.5 Å². The van der Waals surface area contributed by atoms with Gasteiger partial charge in [0.25, 0.3) is 0 Å². The number of hydrogen-bond acceptors (Lipinski definition) is 4. The number of halogens is 1. The first kappa shape index (κ1) is 17.2. The minimum Gasteiger partial charge on any atom is -0.486 e. The first-order chi connectivity index (χ1) is 12.7. The van der Waals surface area contributed by atoms with Crippen LogP contribution >= 0.6 is 11.6 Å². The van der Waals surface area contributed by atoms with Gasteiger partial charge in [-0.05, 0) is 23.8 Å². The summed E-state index contributed by atoms with van der Waals surface area (Å²) in [5.74, 6) is 1.51. The molecule has 1 fully saturated rings. The van der Waals surface area contributed by atoms with Crippen LogP contribution in [0.3, 0.4) is 0 Å². The molecule has 6 heteroatoms. The normalized spacial score (nSPS) is 19.3. The van der Waals surface area contributed by atoms with Gasteiger partial charge < -0.3 is 19.1 Å². The van der Waals surface area contributed by atoms with Crippen LogP contribution in [0.4, 0.5) is 0 Å². The largest absolute Gasteiger partial charge is 0.486 e. The quantitative estimate of drug-likeness (QED) is 0.828. The first-order valence-electron chi connectivity index (χ1n) is 8.73. The van der Waals surface area contributed by atoms with Crippen molar-refractivity contribution in [3.05, 3.63) is 58.6 Å². The van der Waals surface area contributed by atoms with Crippen LogP contribution in [0.5, 0.6) is 11.5 Å². The summed E-state index contributed by atoms with van der Waals surface area (Å²) in [5, 5.41) is 0.665. The van der Waals surface area contributed by atoms with E-state index in [0.717, 1.165) is 16.9 Å². The lowest BCUT2D eigenvalue weighted by Crippen LogP contribution is -2.43. The number of hydrogen-bond donors (Lipinski definition) is 0. The average molecular weight is 374 g/mol. The molecule has 2 heterocycles. The molecule has 1 saturated heterocycles. The van der Waals surface area contributed by atoms with E-state index in [1.54, 1.807) is 0 Å². The second-order valence-corrected chi connectivity index (χ2v) is 6.78. The third kappa shape index (κ3) is 3.64. The van der Waals surface area contributed by atoms with Gasteiger partial charge in [0.05, 0.1) is 19.6 Å². The van der Waals surface area contributed by atoms with Crippen molar-refractivity contribution in [2.75, 3.05) is 32.9 Å². The highest BCUT2D eigenvalue weighted by Gasteiger charge is 2.27. The molecule has 1 unspecified atom stereocenters. The molecule has 1 amide bonds. The number of benzene rings is 2. The van der Waals surface area contributed by atoms with Gasteiger partial charge in [0.1, 0.15) is 19.3 Å². The van der Waals surface area contributed by atoms with Crippen LogP contribution in [0.1, 0.15) is 17.2 Å². The highest BCUT2D eigenvalue weighted by Crippen LogP contribution is 2.32. The monoisotopic (exact) mass is 373 g/mol. The van der Waals surface area contributed by atoms with Gasteiger partial charge in [0.2, 0.25) is 5.91 Å². The molecule has 0 bridgehead atoms. The molecular formula is C20H20ClNO4. The lowest BCUT2D eigenvalue weighted by molar-refractivity contribution is -0.138. The Morgan fingerprint density at radius 1 is 1.08 bits per heavy atom. The Bertz CT molecular complexity index is 810. The van der Waals surface area contributed by atoms with E-state index in [4.69, 9.17) is 25.8 Å². The van der Waals surface area contributed by atoms with Crippen LogP contribution in [0.15, 0.2) is 42.5 Å². The van der Waals surface area contributed by atoms with E-state index in [2.05, 4.69) is 0 Å². The molecule has 2 aliphatic heterocycles. The molecule has 0 saturated carbocycles. The molecule has 4 rings (SSSR count). The van der Waals surface area contributed by atoms with E-state index in [1.165, 1.54) is 0 Å². The molecule has 136 valence electrons. The van der Waals surface area contributed by atoms with Crippen molar-refractivity contribution in [2.24, 2.45) is 0 Å². The summed E-state index contributed by atoms with van der Waals surface area (Å²) in [6.07, 6.45) is 0.132. The molecule has 0 aliphatic carbocycles. The second kappa shape index (κ2) is 7.56. The number of fused-ring (bicyclic) bond motifs is 1. The third-order valence-electron chi connectivity index (χ3n) is 4.63. The second-order valence-electron chi connectivity index (χ2n) is 6.38. The van der Waals surface area contributed by atoms with Crippen molar-refractivity contribution in [2.45, 2.75) is 12.5 Å².